The van der Waals surface area contributed by atoms with Gasteiger partial charge in [-0.25, -0.2) is 4.98 Å². The average Bonchev–Trinajstić information content (AvgIpc) is 3.19. The van der Waals surface area contributed by atoms with Crippen LogP contribution in [0.2, 0.25) is 0 Å². The highest BCUT2D eigenvalue weighted by Gasteiger charge is 2.27. The molecule has 146 valence electrons. The van der Waals surface area contributed by atoms with Gasteiger partial charge >= 0.3 is 0 Å². The van der Waals surface area contributed by atoms with E-state index in [-0.39, 0.29) is 5.56 Å². The van der Waals surface area contributed by atoms with E-state index >= 15 is 0 Å². The number of benzene rings is 2. The first kappa shape index (κ1) is 18.3. The molecule has 4 aromatic rings. The first-order valence-electron chi connectivity index (χ1n) is 10.2. The van der Waals surface area contributed by atoms with Gasteiger partial charge in [-0.05, 0) is 30.0 Å². The van der Waals surface area contributed by atoms with Crippen molar-refractivity contribution in [1.29, 1.82) is 0 Å². The van der Waals surface area contributed by atoms with Crippen LogP contribution in [0.1, 0.15) is 35.8 Å². The predicted octanol–water partition coefficient (Wildman–Crippen LogP) is 3.74. The molecule has 2 atom stereocenters. The monoisotopic (exact) mass is 402 g/mol. The van der Waals surface area contributed by atoms with Gasteiger partial charge in [0, 0.05) is 16.9 Å². The Hall–Kier alpha value is -2.76. The third-order valence-corrected chi connectivity index (χ3v) is 7.00. The second-order valence-corrected chi connectivity index (χ2v) is 8.91. The lowest BCUT2D eigenvalue weighted by Gasteiger charge is -2.30. The second-order valence-electron chi connectivity index (χ2n) is 7.87. The number of aromatic nitrogens is 2. The molecular weight excluding hydrogens is 378 g/mol. The van der Waals surface area contributed by atoms with Gasteiger partial charge in [-0.15, -0.1) is 11.3 Å². The van der Waals surface area contributed by atoms with Gasteiger partial charge in [-0.2, -0.15) is 0 Å². The summed E-state index contributed by atoms with van der Waals surface area (Å²) in [6.45, 7) is 0.711. The fraction of sp³-hybridized carbons (Fsp3) is 0.250. The molecule has 0 fully saturated rings. The van der Waals surface area contributed by atoms with E-state index in [1.165, 1.54) is 35.3 Å². The number of aryl methyl sites for hydroxylation is 1. The lowest BCUT2D eigenvalue weighted by molar-refractivity contribution is -0.927. The predicted molar refractivity (Wildman–Crippen MR) is 118 cm³/mol. The Kier molecular flexibility index (Phi) is 4.78. The maximum absolute atomic E-state index is 12.7. The van der Waals surface area contributed by atoms with Crippen LogP contribution >= 0.6 is 11.3 Å². The molecule has 2 aromatic heterocycles. The van der Waals surface area contributed by atoms with Crippen molar-refractivity contribution in [3.63, 3.8) is 0 Å². The van der Waals surface area contributed by atoms with E-state index < -0.39 is 0 Å². The molecule has 0 saturated carbocycles. The number of rotatable bonds is 4. The molecule has 0 bridgehead atoms. The van der Waals surface area contributed by atoms with Gasteiger partial charge in [0.25, 0.3) is 5.56 Å². The van der Waals surface area contributed by atoms with Crippen LogP contribution in [0, 0.1) is 0 Å². The van der Waals surface area contributed by atoms with Gasteiger partial charge in [0.1, 0.15) is 17.4 Å². The fourth-order valence-electron chi connectivity index (χ4n) is 4.46. The van der Waals surface area contributed by atoms with Gasteiger partial charge in [0.2, 0.25) is 0 Å². The van der Waals surface area contributed by atoms with Crippen molar-refractivity contribution in [1.82, 2.24) is 9.97 Å². The summed E-state index contributed by atoms with van der Waals surface area (Å²) in [6.07, 6.45) is 3.55. The molecule has 2 heterocycles. The van der Waals surface area contributed by atoms with Crippen LogP contribution in [0.15, 0.2) is 65.5 Å². The number of quaternary nitrogens is 1. The van der Waals surface area contributed by atoms with Crippen molar-refractivity contribution < 1.29 is 4.90 Å². The molecule has 0 radical (unpaired) electrons. The maximum atomic E-state index is 12.7. The van der Waals surface area contributed by atoms with E-state index in [1.807, 2.05) is 24.3 Å². The number of H-pyrrole nitrogens is 1. The summed E-state index contributed by atoms with van der Waals surface area (Å²) in [7, 11) is 2.21. The molecule has 2 aromatic carbocycles. The van der Waals surface area contributed by atoms with E-state index in [9.17, 15) is 4.79 Å². The second kappa shape index (κ2) is 7.58. The van der Waals surface area contributed by atoms with E-state index in [1.54, 1.807) is 11.3 Å². The Morgan fingerprint density at radius 2 is 1.93 bits per heavy atom. The van der Waals surface area contributed by atoms with Gasteiger partial charge in [-0.3, -0.25) is 4.79 Å². The number of fused-ring (bicyclic) bond motifs is 2. The Morgan fingerprint density at radius 3 is 2.79 bits per heavy atom. The zero-order valence-electron chi connectivity index (χ0n) is 16.4. The van der Waals surface area contributed by atoms with E-state index in [0.717, 1.165) is 21.1 Å². The highest BCUT2D eigenvalue weighted by atomic mass is 32.1. The number of hydrogen-bond donors (Lipinski definition) is 2. The van der Waals surface area contributed by atoms with Crippen molar-refractivity contribution in [2.75, 3.05) is 7.05 Å². The topological polar surface area (TPSA) is 50.2 Å². The van der Waals surface area contributed by atoms with Gasteiger partial charge in [-0.1, -0.05) is 54.6 Å². The van der Waals surface area contributed by atoms with Crippen LogP contribution in [-0.4, -0.2) is 17.0 Å². The zero-order chi connectivity index (χ0) is 19.8. The average molecular weight is 403 g/mol. The molecule has 1 aliphatic carbocycles. The summed E-state index contributed by atoms with van der Waals surface area (Å²) in [5, 5.41) is 0.679. The first-order chi connectivity index (χ1) is 14.2. The van der Waals surface area contributed by atoms with E-state index in [0.29, 0.717) is 18.0 Å². The van der Waals surface area contributed by atoms with Crippen LogP contribution in [0.5, 0.6) is 0 Å². The summed E-state index contributed by atoms with van der Waals surface area (Å²) < 4.78 is 0. The molecule has 0 aliphatic heterocycles. The lowest BCUT2D eigenvalue weighted by Crippen LogP contribution is -3.08. The molecule has 1 aliphatic rings. The molecule has 1 unspecified atom stereocenters. The molecule has 2 N–H and O–H groups in total. The SMILES string of the molecule is C[NH+](Cc1nc2sc(-c3ccccc3)cc2c(=O)[nH]1)[C@H]1CCCc2ccccc21. The van der Waals surface area contributed by atoms with Crippen molar-refractivity contribution in [3.05, 3.63) is 88.0 Å². The summed E-state index contributed by atoms with van der Waals surface area (Å²) in [6, 6.07) is 21.3. The van der Waals surface area contributed by atoms with Crippen LogP contribution < -0.4 is 10.5 Å². The minimum absolute atomic E-state index is 0.0414. The van der Waals surface area contributed by atoms with Gasteiger partial charge in [0.05, 0.1) is 12.4 Å². The van der Waals surface area contributed by atoms with Crippen LogP contribution in [0.4, 0.5) is 0 Å². The molecule has 0 amide bonds. The Balaban J connectivity index is 1.45. The lowest BCUT2D eigenvalue weighted by atomic mass is 9.87. The number of nitrogens with one attached hydrogen (secondary N) is 2. The highest BCUT2D eigenvalue weighted by molar-refractivity contribution is 7.21. The number of hydrogen-bond acceptors (Lipinski definition) is 3. The molecule has 29 heavy (non-hydrogen) atoms. The smallest absolute Gasteiger partial charge is 0.259 e. The van der Waals surface area contributed by atoms with Crippen LogP contribution in [-0.2, 0) is 13.0 Å². The van der Waals surface area contributed by atoms with Gasteiger partial charge < -0.3 is 9.88 Å². The third kappa shape index (κ3) is 3.52. The van der Waals surface area contributed by atoms with Crippen molar-refractivity contribution in [3.8, 4) is 10.4 Å². The standard InChI is InChI=1S/C24H23N3OS/c1-27(20-13-7-11-16-8-5-6-12-18(16)20)15-22-25-23(28)19-14-21(29-24(19)26-22)17-9-3-2-4-10-17/h2-6,8-10,12,14,20H,7,11,13,15H2,1H3,(H,25,26,28)/p+1/t20-/m0/s1. The molecule has 5 rings (SSSR count). The van der Waals surface area contributed by atoms with E-state index in [2.05, 4.69) is 48.4 Å². The Bertz CT molecular complexity index is 1210. The van der Waals surface area contributed by atoms with Crippen molar-refractivity contribution >= 4 is 21.6 Å². The molecule has 0 saturated heterocycles. The minimum Gasteiger partial charge on any atom is -0.325 e. The minimum atomic E-state index is -0.0414. The van der Waals surface area contributed by atoms with E-state index in [4.69, 9.17) is 4.98 Å². The Labute approximate surface area is 173 Å². The quantitative estimate of drug-likeness (QED) is 0.546. The number of nitrogens with zero attached hydrogens (tertiary/aromatic N) is 1. The largest absolute Gasteiger partial charge is 0.325 e. The number of thiophene rings is 1. The molecule has 4 nitrogen and oxygen atoms in total. The maximum Gasteiger partial charge on any atom is 0.259 e. The summed E-state index contributed by atoms with van der Waals surface area (Å²) in [5.41, 5.74) is 3.99. The van der Waals surface area contributed by atoms with Crippen LogP contribution in [0.25, 0.3) is 20.7 Å². The summed E-state index contributed by atoms with van der Waals surface area (Å²) >= 11 is 1.59. The first-order valence-corrected chi connectivity index (χ1v) is 11.0. The van der Waals surface area contributed by atoms with Crippen molar-refractivity contribution in [2.24, 2.45) is 0 Å². The summed E-state index contributed by atoms with van der Waals surface area (Å²) in [4.78, 5) is 23.8. The fourth-order valence-corrected chi connectivity index (χ4v) is 5.51. The number of aromatic amines is 1. The third-order valence-electron chi connectivity index (χ3n) is 5.92. The van der Waals surface area contributed by atoms with Gasteiger partial charge in [0.15, 0.2) is 5.82 Å². The zero-order valence-corrected chi connectivity index (χ0v) is 17.3. The Morgan fingerprint density at radius 1 is 1.14 bits per heavy atom. The molecule has 5 heteroatoms. The van der Waals surface area contributed by atoms with Crippen molar-refractivity contribution in [2.45, 2.75) is 31.8 Å². The van der Waals surface area contributed by atoms with Crippen LogP contribution in [0.3, 0.4) is 0 Å². The molecular formula is C24H24N3OS+. The molecule has 0 spiro atoms. The summed E-state index contributed by atoms with van der Waals surface area (Å²) in [5.74, 6) is 0.768. The highest BCUT2D eigenvalue weighted by Crippen LogP contribution is 2.31. The normalized spacial score (nSPS) is 17.2.